The van der Waals surface area contributed by atoms with Crippen molar-refractivity contribution in [3.63, 3.8) is 0 Å². The molecule has 5 heteroatoms. The zero-order valence-electron chi connectivity index (χ0n) is 14.2. The summed E-state index contributed by atoms with van der Waals surface area (Å²) in [5.74, 6) is 1.86. The highest BCUT2D eigenvalue weighted by Crippen LogP contribution is 2.26. The molecule has 1 aliphatic heterocycles. The molecule has 2 aromatic carbocycles. The number of para-hydroxylation sites is 3. The lowest BCUT2D eigenvalue weighted by Gasteiger charge is -2.23. The first-order chi connectivity index (χ1) is 12.3. The molecule has 0 spiro atoms. The Morgan fingerprint density at radius 1 is 1.24 bits per heavy atom. The standard InChI is InChI=1S/C20H21N3O2/c1-25-18-9-5-2-6-15(18)13-21-20(24)14-10-11-23-17-8-4-3-7-16(17)22-19(23)12-14/h2-9,14H,10-13H2,1H3,(H,21,24)/t14-/m1/s1. The van der Waals surface area contributed by atoms with Crippen molar-refractivity contribution in [2.24, 2.45) is 5.92 Å². The Morgan fingerprint density at radius 2 is 2.04 bits per heavy atom. The van der Waals surface area contributed by atoms with Crippen LogP contribution in [0, 0.1) is 5.92 Å². The molecule has 128 valence electrons. The van der Waals surface area contributed by atoms with Crippen LogP contribution in [-0.4, -0.2) is 22.6 Å². The van der Waals surface area contributed by atoms with Crippen molar-refractivity contribution in [2.45, 2.75) is 25.9 Å². The first-order valence-corrected chi connectivity index (χ1v) is 8.60. The molecule has 5 nitrogen and oxygen atoms in total. The van der Waals surface area contributed by atoms with E-state index in [9.17, 15) is 4.79 Å². The van der Waals surface area contributed by atoms with E-state index in [4.69, 9.17) is 9.72 Å². The van der Waals surface area contributed by atoms with Crippen LogP contribution in [0.15, 0.2) is 48.5 Å². The van der Waals surface area contributed by atoms with E-state index < -0.39 is 0 Å². The number of imidazole rings is 1. The van der Waals surface area contributed by atoms with Crippen LogP contribution in [0.1, 0.15) is 17.8 Å². The van der Waals surface area contributed by atoms with Gasteiger partial charge < -0.3 is 14.6 Å². The van der Waals surface area contributed by atoms with Gasteiger partial charge in [-0.1, -0.05) is 30.3 Å². The Hall–Kier alpha value is -2.82. The number of aryl methyl sites for hydroxylation is 1. The van der Waals surface area contributed by atoms with Crippen LogP contribution in [0.2, 0.25) is 0 Å². The summed E-state index contributed by atoms with van der Waals surface area (Å²) in [6.45, 7) is 1.32. The van der Waals surface area contributed by atoms with Crippen LogP contribution in [0.3, 0.4) is 0 Å². The minimum atomic E-state index is -0.0287. The van der Waals surface area contributed by atoms with Crippen molar-refractivity contribution >= 4 is 16.9 Å². The summed E-state index contributed by atoms with van der Waals surface area (Å²) in [7, 11) is 1.65. The molecule has 0 unspecified atom stereocenters. The van der Waals surface area contributed by atoms with Crippen molar-refractivity contribution in [2.75, 3.05) is 7.11 Å². The van der Waals surface area contributed by atoms with E-state index >= 15 is 0 Å². The van der Waals surface area contributed by atoms with Gasteiger partial charge in [0.05, 0.1) is 18.1 Å². The van der Waals surface area contributed by atoms with Gasteiger partial charge in [-0.25, -0.2) is 4.98 Å². The second kappa shape index (κ2) is 6.59. The summed E-state index contributed by atoms with van der Waals surface area (Å²) < 4.78 is 7.57. The summed E-state index contributed by atoms with van der Waals surface area (Å²) in [5, 5.41) is 3.05. The largest absolute Gasteiger partial charge is 0.496 e. The summed E-state index contributed by atoms with van der Waals surface area (Å²) >= 11 is 0. The Balaban J connectivity index is 1.45. The molecule has 25 heavy (non-hydrogen) atoms. The molecule has 1 aliphatic rings. The number of benzene rings is 2. The van der Waals surface area contributed by atoms with Gasteiger partial charge in [0.2, 0.25) is 5.91 Å². The molecule has 1 aromatic heterocycles. The number of carbonyl (C=O) groups excluding carboxylic acids is 1. The maximum atomic E-state index is 12.6. The van der Waals surface area contributed by atoms with Crippen LogP contribution in [0.5, 0.6) is 5.75 Å². The van der Waals surface area contributed by atoms with Crippen molar-refractivity contribution in [1.29, 1.82) is 0 Å². The van der Waals surface area contributed by atoms with Gasteiger partial charge in [0, 0.05) is 31.0 Å². The maximum Gasteiger partial charge on any atom is 0.223 e. The third kappa shape index (κ3) is 2.97. The number of aromatic nitrogens is 2. The topological polar surface area (TPSA) is 56.1 Å². The van der Waals surface area contributed by atoms with E-state index in [1.165, 1.54) is 0 Å². The Bertz CT molecular complexity index is 916. The zero-order chi connectivity index (χ0) is 17.2. The molecule has 0 fully saturated rings. The number of ether oxygens (including phenoxy) is 1. The number of hydrogen-bond acceptors (Lipinski definition) is 3. The number of methoxy groups -OCH3 is 1. The molecule has 1 amide bonds. The first-order valence-electron chi connectivity index (χ1n) is 8.60. The summed E-state index contributed by atoms with van der Waals surface area (Å²) in [5.41, 5.74) is 3.15. The number of rotatable bonds is 4. The molecule has 0 bridgehead atoms. The molecular formula is C20H21N3O2. The van der Waals surface area contributed by atoms with Crippen LogP contribution in [-0.2, 0) is 24.3 Å². The lowest BCUT2D eigenvalue weighted by atomic mass is 9.96. The van der Waals surface area contributed by atoms with E-state index in [1.807, 2.05) is 42.5 Å². The highest BCUT2D eigenvalue weighted by atomic mass is 16.5. The fourth-order valence-corrected chi connectivity index (χ4v) is 3.54. The minimum absolute atomic E-state index is 0.0287. The van der Waals surface area contributed by atoms with E-state index in [-0.39, 0.29) is 11.8 Å². The third-order valence-corrected chi connectivity index (χ3v) is 4.88. The monoisotopic (exact) mass is 335 g/mol. The normalized spacial score (nSPS) is 16.4. The molecule has 1 N–H and O–H groups in total. The minimum Gasteiger partial charge on any atom is -0.496 e. The summed E-state index contributed by atoms with van der Waals surface area (Å²) in [4.78, 5) is 17.3. The van der Waals surface area contributed by atoms with Gasteiger partial charge in [-0.2, -0.15) is 0 Å². The van der Waals surface area contributed by atoms with E-state index in [0.29, 0.717) is 13.0 Å². The second-order valence-corrected chi connectivity index (χ2v) is 6.39. The number of fused-ring (bicyclic) bond motifs is 3. The fourth-order valence-electron chi connectivity index (χ4n) is 3.54. The molecule has 1 atom stereocenters. The number of nitrogens with one attached hydrogen (secondary N) is 1. The van der Waals surface area contributed by atoms with Crippen molar-refractivity contribution in [3.05, 3.63) is 59.9 Å². The second-order valence-electron chi connectivity index (χ2n) is 6.39. The van der Waals surface area contributed by atoms with E-state index in [2.05, 4.69) is 16.0 Å². The zero-order valence-corrected chi connectivity index (χ0v) is 14.2. The Labute approximate surface area is 146 Å². The molecule has 4 rings (SSSR count). The van der Waals surface area contributed by atoms with Gasteiger partial charge in [0.25, 0.3) is 0 Å². The molecule has 0 saturated carbocycles. The van der Waals surface area contributed by atoms with Gasteiger partial charge >= 0.3 is 0 Å². The fraction of sp³-hybridized carbons (Fsp3) is 0.300. The number of hydrogen-bond donors (Lipinski definition) is 1. The quantitative estimate of drug-likeness (QED) is 0.797. The number of nitrogens with zero attached hydrogens (tertiary/aromatic N) is 2. The van der Waals surface area contributed by atoms with Crippen molar-refractivity contribution in [1.82, 2.24) is 14.9 Å². The van der Waals surface area contributed by atoms with E-state index in [1.54, 1.807) is 7.11 Å². The van der Waals surface area contributed by atoms with Crippen LogP contribution in [0.4, 0.5) is 0 Å². The predicted molar refractivity (Wildman–Crippen MR) is 96.4 cm³/mol. The molecule has 2 heterocycles. The van der Waals surface area contributed by atoms with Gasteiger partial charge in [0.15, 0.2) is 0 Å². The predicted octanol–water partition coefficient (Wildman–Crippen LogP) is 2.92. The molecule has 0 saturated heterocycles. The van der Waals surface area contributed by atoms with Crippen LogP contribution < -0.4 is 10.1 Å². The highest BCUT2D eigenvalue weighted by Gasteiger charge is 2.27. The van der Waals surface area contributed by atoms with Crippen molar-refractivity contribution in [3.8, 4) is 5.75 Å². The molecule has 0 aliphatic carbocycles. The first kappa shape index (κ1) is 15.7. The lowest BCUT2D eigenvalue weighted by molar-refractivity contribution is -0.125. The highest BCUT2D eigenvalue weighted by molar-refractivity contribution is 5.80. The Morgan fingerprint density at radius 3 is 2.92 bits per heavy atom. The SMILES string of the molecule is COc1ccccc1CNC(=O)[C@@H]1CCn2c(nc3ccccc32)C1. The molecular weight excluding hydrogens is 314 g/mol. The summed E-state index contributed by atoms with van der Waals surface area (Å²) in [6.07, 6.45) is 1.53. The summed E-state index contributed by atoms with van der Waals surface area (Å²) in [6, 6.07) is 15.9. The molecule has 3 aromatic rings. The average molecular weight is 335 g/mol. The van der Waals surface area contributed by atoms with Gasteiger partial charge in [-0.3, -0.25) is 4.79 Å². The molecule has 0 radical (unpaired) electrons. The van der Waals surface area contributed by atoms with Crippen LogP contribution >= 0.6 is 0 Å². The number of carbonyl (C=O) groups is 1. The van der Waals surface area contributed by atoms with Gasteiger partial charge in [-0.15, -0.1) is 0 Å². The maximum absolute atomic E-state index is 12.6. The lowest BCUT2D eigenvalue weighted by Crippen LogP contribution is -2.35. The van der Waals surface area contributed by atoms with Gasteiger partial charge in [-0.05, 0) is 24.6 Å². The number of amides is 1. The van der Waals surface area contributed by atoms with Crippen LogP contribution in [0.25, 0.3) is 11.0 Å². The smallest absolute Gasteiger partial charge is 0.223 e. The third-order valence-electron chi connectivity index (χ3n) is 4.88. The van der Waals surface area contributed by atoms with Crippen molar-refractivity contribution < 1.29 is 9.53 Å². The van der Waals surface area contributed by atoms with E-state index in [0.717, 1.165) is 41.1 Å². The van der Waals surface area contributed by atoms with Gasteiger partial charge in [0.1, 0.15) is 11.6 Å². The average Bonchev–Trinajstić information content (AvgIpc) is 3.04. The Kier molecular flexibility index (Phi) is 4.14.